The minimum absolute atomic E-state index is 0. The number of methoxy groups -OCH3 is 2. The summed E-state index contributed by atoms with van der Waals surface area (Å²) in [6, 6.07) is 14.7. The van der Waals surface area contributed by atoms with Gasteiger partial charge in [0.05, 0.1) is 14.2 Å². The Bertz CT molecular complexity index is 808. The highest BCUT2D eigenvalue weighted by Gasteiger charge is 2.26. The highest BCUT2D eigenvalue weighted by atomic mass is 127. The first-order valence-electron chi connectivity index (χ1n) is 9.87. The number of benzene rings is 2. The molecule has 29 heavy (non-hydrogen) atoms. The van der Waals surface area contributed by atoms with Gasteiger partial charge in [-0.1, -0.05) is 29.8 Å². The molecular formula is C23H32IN3O2. The van der Waals surface area contributed by atoms with Gasteiger partial charge in [0.25, 0.3) is 0 Å². The highest BCUT2D eigenvalue weighted by Crippen LogP contribution is 2.28. The molecule has 1 saturated heterocycles. The van der Waals surface area contributed by atoms with Crippen molar-refractivity contribution in [2.45, 2.75) is 25.7 Å². The van der Waals surface area contributed by atoms with Crippen LogP contribution in [-0.4, -0.2) is 51.8 Å². The van der Waals surface area contributed by atoms with Gasteiger partial charge in [-0.3, -0.25) is 4.99 Å². The number of nitrogens with zero attached hydrogens (tertiary/aromatic N) is 2. The number of nitrogens with one attached hydrogen (secondary N) is 1. The van der Waals surface area contributed by atoms with Gasteiger partial charge in [0, 0.05) is 32.6 Å². The van der Waals surface area contributed by atoms with Crippen LogP contribution in [0.2, 0.25) is 0 Å². The van der Waals surface area contributed by atoms with Crippen LogP contribution in [0.15, 0.2) is 47.5 Å². The van der Waals surface area contributed by atoms with Gasteiger partial charge in [0.15, 0.2) is 5.96 Å². The summed E-state index contributed by atoms with van der Waals surface area (Å²) < 4.78 is 10.8. The van der Waals surface area contributed by atoms with E-state index < -0.39 is 0 Å². The molecule has 5 nitrogen and oxygen atoms in total. The molecule has 1 atom stereocenters. The lowest BCUT2D eigenvalue weighted by Crippen LogP contribution is -2.40. The van der Waals surface area contributed by atoms with Gasteiger partial charge in [-0.15, -0.1) is 24.0 Å². The average Bonchev–Trinajstić information content (AvgIpc) is 3.21. The lowest BCUT2D eigenvalue weighted by atomic mass is 9.98. The summed E-state index contributed by atoms with van der Waals surface area (Å²) in [7, 11) is 5.29. The molecule has 1 fully saturated rings. The first-order chi connectivity index (χ1) is 13.6. The molecule has 1 unspecified atom stereocenters. The van der Waals surface area contributed by atoms with Gasteiger partial charge in [-0.2, -0.15) is 0 Å². The fourth-order valence-electron chi connectivity index (χ4n) is 3.84. The Balaban J connectivity index is 0.00000300. The number of hydrogen-bond donors (Lipinski definition) is 1. The summed E-state index contributed by atoms with van der Waals surface area (Å²) in [6.45, 7) is 4.94. The van der Waals surface area contributed by atoms with Gasteiger partial charge in [-0.05, 0) is 49.1 Å². The molecule has 1 heterocycles. The fourth-order valence-corrected chi connectivity index (χ4v) is 3.84. The van der Waals surface area contributed by atoms with Gasteiger partial charge in [0.2, 0.25) is 0 Å². The van der Waals surface area contributed by atoms with Crippen LogP contribution in [0.3, 0.4) is 0 Å². The molecule has 0 aromatic heterocycles. The molecule has 0 saturated carbocycles. The molecule has 2 aromatic carbocycles. The molecule has 1 aliphatic rings. The van der Waals surface area contributed by atoms with Crippen molar-refractivity contribution in [3.8, 4) is 11.5 Å². The van der Waals surface area contributed by atoms with Crippen molar-refractivity contribution in [2.75, 3.05) is 40.9 Å². The monoisotopic (exact) mass is 509 g/mol. The van der Waals surface area contributed by atoms with E-state index in [1.807, 2.05) is 25.2 Å². The highest BCUT2D eigenvalue weighted by molar-refractivity contribution is 14.0. The van der Waals surface area contributed by atoms with Crippen LogP contribution in [-0.2, 0) is 6.42 Å². The van der Waals surface area contributed by atoms with E-state index >= 15 is 0 Å². The van der Waals surface area contributed by atoms with Crippen LogP contribution in [0.4, 0.5) is 0 Å². The third-order valence-electron chi connectivity index (χ3n) is 5.40. The standard InChI is InChI=1S/C23H31N3O2.HI/c1-17-5-10-22(28-4)19(15-17)11-13-25-23(24-2)26-14-12-20(16-26)18-6-8-21(27-3)9-7-18;/h5-10,15,20H,11-14,16H2,1-4H3,(H,24,25);1H. The maximum Gasteiger partial charge on any atom is 0.193 e. The van der Waals surface area contributed by atoms with Gasteiger partial charge in [-0.25, -0.2) is 0 Å². The summed E-state index contributed by atoms with van der Waals surface area (Å²) in [5, 5.41) is 3.52. The number of ether oxygens (including phenoxy) is 2. The SMILES string of the molecule is CN=C(NCCc1cc(C)ccc1OC)N1CCC(c2ccc(OC)cc2)C1.I. The number of guanidine groups is 1. The normalized spacial score (nSPS) is 16.3. The number of aryl methyl sites for hydroxylation is 1. The second-order valence-electron chi connectivity index (χ2n) is 7.24. The molecule has 2 aromatic rings. The van der Waals surface area contributed by atoms with Crippen molar-refractivity contribution >= 4 is 29.9 Å². The molecule has 0 bridgehead atoms. The van der Waals surface area contributed by atoms with Crippen molar-refractivity contribution in [2.24, 2.45) is 4.99 Å². The first kappa shape index (κ1) is 23.3. The number of aliphatic imine (C=N–C) groups is 1. The van der Waals surface area contributed by atoms with E-state index in [1.165, 1.54) is 16.7 Å². The Morgan fingerprint density at radius 2 is 1.90 bits per heavy atom. The number of hydrogen-bond acceptors (Lipinski definition) is 3. The van der Waals surface area contributed by atoms with E-state index in [9.17, 15) is 0 Å². The molecule has 0 radical (unpaired) electrons. The zero-order chi connectivity index (χ0) is 19.9. The van der Waals surface area contributed by atoms with E-state index in [0.29, 0.717) is 5.92 Å². The summed E-state index contributed by atoms with van der Waals surface area (Å²) in [5.74, 6) is 3.36. The third-order valence-corrected chi connectivity index (χ3v) is 5.40. The van der Waals surface area contributed by atoms with Crippen molar-refractivity contribution in [1.82, 2.24) is 10.2 Å². The molecule has 1 N–H and O–H groups in total. The van der Waals surface area contributed by atoms with Crippen LogP contribution in [0.1, 0.15) is 29.0 Å². The number of likely N-dealkylation sites (tertiary alicyclic amines) is 1. The maximum atomic E-state index is 5.49. The average molecular weight is 509 g/mol. The quantitative estimate of drug-likeness (QED) is 0.360. The summed E-state index contributed by atoms with van der Waals surface area (Å²) in [4.78, 5) is 6.85. The van der Waals surface area contributed by atoms with Crippen molar-refractivity contribution in [1.29, 1.82) is 0 Å². The predicted octanol–water partition coefficient (Wildman–Crippen LogP) is 4.24. The zero-order valence-corrected chi connectivity index (χ0v) is 20.1. The molecule has 3 rings (SSSR count). The smallest absolute Gasteiger partial charge is 0.193 e. The van der Waals surface area contributed by atoms with E-state index in [4.69, 9.17) is 9.47 Å². The third kappa shape index (κ3) is 6.01. The summed E-state index contributed by atoms with van der Waals surface area (Å²) in [5.41, 5.74) is 3.84. The molecule has 0 amide bonds. The second kappa shape index (κ2) is 11.3. The van der Waals surface area contributed by atoms with Crippen molar-refractivity contribution in [3.05, 3.63) is 59.2 Å². The Morgan fingerprint density at radius 3 is 2.55 bits per heavy atom. The lowest BCUT2D eigenvalue weighted by molar-refractivity contribution is 0.409. The van der Waals surface area contributed by atoms with Crippen molar-refractivity contribution < 1.29 is 9.47 Å². The largest absolute Gasteiger partial charge is 0.497 e. The Hall–Kier alpha value is -1.96. The van der Waals surface area contributed by atoms with E-state index in [2.05, 4.69) is 46.4 Å². The zero-order valence-electron chi connectivity index (χ0n) is 17.8. The van der Waals surface area contributed by atoms with Gasteiger partial charge < -0.3 is 19.7 Å². The maximum absolute atomic E-state index is 5.49. The molecule has 1 aliphatic heterocycles. The van der Waals surface area contributed by atoms with E-state index in [1.54, 1.807) is 14.2 Å². The van der Waals surface area contributed by atoms with Crippen LogP contribution in [0.5, 0.6) is 11.5 Å². The lowest BCUT2D eigenvalue weighted by Gasteiger charge is -2.22. The van der Waals surface area contributed by atoms with Crippen LogP contribution in [0, 0.1) is 6.92 Å². The molecule has 0 spiro atoms. The van der Waals surface area contributed by atoms with Gasteiger partial charge in [0.1, 0.15) is 11.5 Å². The number of halogens is 1. The van der Waals surface area contributed by atoms with Crippen LogP contribution in [0.25, 0.3) is 0 Å². The fraction of sp³-hybridized carbons (Fsp3) is 0.435. The topological polar surface area (TPSA) is 46.1 Å². The minimum atomic E-state index is 0. The molecule has 6 heteroatoms. The minimum Gasteiger partial charge on any atom is -0.497 e. The molecule has 158 valence electrons. The first-order valence-corrected chi connectivity index (χ1v) is 9.87. The van der Waals surface area contributed by atoms with E-state index in [-0.39, 0.29) is 24.0 Å². The molecular weight excluding hydrogens is 477 g/mol. The number of rotatable bonds is 6. The van der Waals surface area contributed by atoms with Gasteiger partial charge >= 0.3 is 0 Å². The predicted molar refractivity (Wildman–Crippen MR) is 130 cm³/mol. The summed E-state index contributed by atoms with van der Waals surface area (Å²) >= 11 is 0. The van der Waals surface area contributed by atoms with Crippen LogP contribution < -0.4 is 14.8 Å². The van der Waals surface area contributed by atoms with Crippen LogP contribution >= 0.6 is 24.0 Å². The molecule has 0 aliphatic carbocycles. The second-order valence-corrected chi connectivity index (χ2v) is 7.24. The Labute approximate surface area is 191 Å². The Kier molecular flexibility index (Phi) is 9.07. The van der Waals surface area contributed by atoms with Crippen molar-refractivity contribution in [3.63, 3.8) is 0 Å². The van der Waals surface area contributed by atoms with E-state index in [0.717, 1.165) is 49.9 Å². The Morgan fingerprint density at radius 1 is 1.14 bits per heavy atom. The summed E-state index contributed by atoms with van der Waals surface area (Å²) in [6.07, 6.45) is 2.04.